The Balaban J connectivity index is 1.89. The Hall–Kier alpha value is -0.240. The number of aliphatic hydroxyl groups is 1. The molecule has 3 saturated heterocycles. The summed E-state index contributed by atoms with van der Waals surface area (Å²) < 4.78 is 29.2. The van der Waals surface area contributed by atoms with Crippen LogP contribution in [0.3, 0.4) is 0 Å². The number of hydrogen-bond acceptors (Lipinski definition) is 6. The fourth-order valence-corrected chi connectivity index (χ4v) is 3.03. The van der Waals surface area contributed by atoms with Crippen molar-refractivity contribution in [1.82, 2.24) is 0 Å². The summed E-state index contributed by atoms with van der Waals surface area (Å²) in [5.74, 6) is -1.43. The first-order valence-corrected chi connectivity index (χ1v) is 6.73. The maximum absolute atomic E-state index is 9.89. The average molecular weight is 274 g/mol. The smallest absolute Gasteiger partial charge is 0.190 e. The van der Waals surface area contributed by atoms with Crippen LogP contribution in [0.1, 0.15) is 34.6 Å². The summed E-state index contributed by atoms with van der Waals surface area (Å²) in [5, 5.41) is 9.89. The molecule has 19 heavy (non-hydrogen) atoms. The zero-order valence-electron chi connectivity index (χ0n) is 12.0. The zero-order valence-corrected chi connectivity index (χ0v) is 12.0. The highest BCUT2D eigenvalue weighted by atomic mass is 16.9. The van der Waals surface area contributed by atoms with E-state index in [1.165, 1.54) is 0 Å². The van der Waals surface area contributed by atoms with Crippen LogP contribution in [0.4, 0.5) is 0 Å². The third-order valence-corrected chi connectivity index (χ3v) is 3.67. The van der Waals surface area contributed by atoms with Gasteiger partial charge in [-0.05, 0) is 34.6 Å². The van der Waals surface area contributed by atoms with Crippen molar-refractivity contribution in [2.45, 2.75) is 83.0 Å². The molecular formula is C13H22O6. The van der Waals surface area contributed by atoms with E-state index in [2.05, 4.69) is 0 Å². The Bertz CT molecular complexity index is 366. The van der Waals surface area contributed by atoms with Gasteiger partial charge in [-0.15, -0.1) is 0 Å². The molecule has 3 unspecified atom stereocenters. The number of aliphatic hydroxyl groups excluding tert-OH is 1. The van der Waals surface area contributed by atoms with Gasteiger partial charge in [0, 0.05) is 0 Å². The van der Waals surface area contributed by atoms with Crippen molar-refractivity contribution >= 4 is 0 Å². The third kappa shape index (κ3) is 2.30. The minimum Gasteiger partial charge on any atom is -0.391 e. The van der Waals surface area contributed by atoms with Crippen molar-refractivity contribution in [3.63, 3.8) is 0 Å². The van der Waals surface area contributed by atoms with Gasteiger partial charge in [-0.1, -0.05) is 0 Å². The molecule has 3 heterocycles. The molecule has 6 nitrogen and oxygen atoms in total. The van der Waals surface area contributed by atoms with Gasteiger partial charge in [0.15, 0.2) is 17.9 Å². The molecule has 3 aliphatic heterocycles. The van der Waals surface area contributed by atoms with Gasteiger partial charge in [-0.2, -0.15) is 0 Å². The van der Waals surface area contributed by atoms with E-state index in [0.29, 0.717) is 0 Å². The fourth-order valence-electron chi connectivity index (χ4n) is 3.03. The summed E-state index contributed by atoms with van der Waals surface area (Å²) >= 11 is 0. The number of fused-ring (bicyclic) bond motifs is 3. The molecule has 1 N–H and O–H groups in total. The van der Waals surface area contributed by atoms with Crippen LogP contribution in [-0.2, 0) is 23.7 Å². The number of rotatable bonds is 1. The molecular weight excluding hydrogens is 252 g/mol. The first-order chi connectivity index (χ1) is 8.69. The highest BCUT2D eigenvalue weighted by Crippen LogP contribution is 2.44. The van der Waals surface area contributed by atoms with Crippen LogP contribution < -0.4 is 0 Å². The zero-order chi connectivity index (χ0) is 14.0. The molecule has 0 aliphatic carbocycles. The van der Waals surface area contributed by atoms with Gasteiger partial charge in [0.05, 0.1) is 6.10 Å². The quantitative estimate of drug-likeness (QED) is 0.761. The van der Waals surface area contributed by atoms with E-state index in [4.69, 9.17) is 23.7 Å². The SMILES string of the molecule is CC(O)[C@@H]1OC2OC(C)(C)OC2[C@@H]2OC(C)(C)O[C@H]12. The molecule has 110 valence electrons. The number of ether oxygens (including phenoxy) is 5. The largest absolute Gasteiger partial charge is 0.391 e. The van der Waals surface area contributed by atoms with Crippen molar-refractivity contribution < 1.29 is 28.8 Å². The van der Waals surface area contributed by atoms with Crippen LogP contribution in [0.5, 0.6) is 0 Å². The highest BCUT2D eigenvalue weighted by molar-refractivity contribution is 5.01. The Kier molecular flexibility index (Phi) is 2.98. The highest BCUT2D eigenvalue weighted by Gasteiger charge is 2.61. The normalized spacial score (nSPS) is 48.6. The Morgan fingerprint density at radius 1 is 0.842 bits per heavy atom. The van der Waals surface area contributed by atoms with Crippen LogP contribution in [0.25, 0.3) is 0 Å². The summed E-state index contributed by atoms with van der Waals surface area (Å²) in [7, 11) is 0. The van der Waals surface area contributed by atoms with Gasteiger partial charge < -0.3 is 28.8 Å². The minimum atomic E-state index is -0.719. The Labute approximate surface area is 112 Å². The topological polar surface area (TPSA) is 66.4 Å². The van der Waals surface area contributed by atoms with Gasteiger partial charge in [0.1, 0.15) is 24.4 Å². The van der Waals surface area contributed by atoms with Gasteiger partial charge in [-0.3, -0.25) is 0 Å². The first-order valence-electron chi connectivity index (χ1n) is 6.73. The van der Waals surface area contributed by atoms with E-state index in [0.717, 1.165) is 0 Å². The lowest BCUT2D eigenvalue weighted by molar-refractivity contribution is -0.250. The van der Waals surface area contributed by atoms with Crippen molar-refractivity contribution in [3.05, 3.63) is 0 Å². The maximum Gasteiger partial charge on any atom is 0.190 e. The molecule has 3 rings (SSSR count). The second-order valence-corrected chi connectivity index (χ2v) is 6.37. The van der Waals surface area contributed by atoms with E-state index in [-0.39, 0.29) is 18.3 Å². The van der Waals surface area contributed by atoms with Crippen molar-refractivity contribution in [2.75, 3.05) is 0 Å². The van der Waals surface area contributed by atoms with E-state index in [9.17, 15) is 5.11 Å². The van der Waals surface area contributed by atoms with Crippen LogP contribution in [0, 0.1) is 0 Å². The molecule has 0 aromatic heterocycles. The molecule has 6 atom stereocenters. The van der Waals surface area contributed by atoms with Crippen LogP contribution in [0.15, 0.2) is 0 Å². The lowest BCUT2D eigenvalue weighted by Crippen LogP contribution is -2.57. The molecule has 3 fully saturated rings. The summed E-state index contributed by atoms with van der Waals surface area (Å²) in [4.78, 5) is 0. The summed E-state index contributed by atoms with van der Waals surface area (Å²) in [6.07, 6.45) is -2.67. The molecule has 0 amide bonds. The fraction of sp³-hybridized carbons (Fsp3) is 1.00. The van der Waals surface area contributed by atoms with Gasteiger partial charge in [-0.25, -0.2) is 0 Å². The minimum absolute atomic E-state index is 0.296. The third-order valence-electron chi connectivity index (χ3n) is 3.67. The molecule has 0 saturated carbocycles. The molecule has 0 aromatic carbocycles. The molecule has 0 radical (unpaired) electrons. The molecule has 3 aliphatic rings. The van der Waals surface area contributed by atoms with E-state index < -0.39 is 30.1 Å². The summed E-state index contributed by atoms with van der Waals surface area (Å²) in [5.41, 5.74) is 0. The molecule has 0 aromatic rings. The predicted octanol–water partition coefficient (Wildman–Crippen LogP) is 0.764. The van der Waals surface area contributed by atoms with Crippen molar-refractivity contribution in [2.24, 2.45) is 0 Å². The van der Waals surface area contributed by atoms with Crippen LogP contribution in [-0.4, -0.2) is 53.5 Å². The first kappa shape index (κ1) is 13.7. The molecule has 6 heteroatoms. The van der Waals surface area contributed by atoms with E-state index in [1.807, 2.05) is 27.7 Å². The second-order valence-electron chi connectivity index (χ2n) is 6.37. The second kappa shape index (κ2) is 4.13. The average Bonchev–Trinajstić information content (AvgIpc) is 2.70. The number of hydrogen-bond donors (Lipinski definition) is 1. The lowest BCUT2D eigenvalue weighted by Gasteiger charge is -2.38. The predicted molar refractivity (Wildman–Crippen MR) is 64.2 cm³/mol. The molecule has 0 spiro atoms. The van der Waals surface area contributed by atoms with E-state index >= 15 is 0 Å². The summed E-state index contributed by atoms with van der Waals surface area (Å²) in [6.45, 7) is 9.04. The van der Waals surface area contributed by atoms with Gasteiger partial charge >= 0.3 is 0 Å². The van der Waals surface area contributed by atoms with Crippen molar-refractivity contribution in [1.29, 1.82) is 0 Å². The summed E-state index contributed by atoms with van der Waals surface area (Å²) in [6, 6.07) is 0. The monoisotopic (exact) mass is 274 g/mol. The Morgan fingerprint density at radius 2 is 1.37 bits per heavy atom. The Morgan fingerprint density at radius 3 is 2.00 bits per heavy atom. The molecule has 0 bridgehead atoms. The van der Waals surface area contributed by atoms with E-state index in [1.54, 1.807) is 6.92 Å². The van der Waals surface area contributed by atoms with Crippen LogP contribution in [0.2, 0.25) is 0 Å². The lowest BCUT2D eigenvalue weighted by atomic mass is 9.96. The van der Waals surface area contributed by atoms with Crippen LogP contribution >= 0.6 is 0 Å². The standard InChI is InChI=1S/C13H22O6/c1-6(14)7-8-9(17-12(2,3)16-8)10-11(15-7)19-13(4,5)18-10/h6-11,14H,1-5H3/t6?,7-,8+,9+,10?,11?/m0/s1. The maximum atomic E-state index is 9.89. The van der Waals surface area contributed by atoms with Gasteiger partial charge in [0.25, 0.3) is 0 Å². The van der Waals surface area contributed by atoms with Gasteiger partial charge in [0.2, 0.25) is 0 Å². The van der Waals surface area contributed by atoms with Crippen molar-refractivity contribution in [3.8, 4) is 0 Å².